The van der Waals surface area contributed by atoms with Gasteiger partial charge in [-0.25, -0.2) is 9.78 Å². The van der Waals surface area contributed by atoms with E-state index in [1.165, 1.54) is 6.07 Å². The summed E-state index contributed by atoms with van der Waals surface area (Å²) in [6.45, 7) is 2.66. The van der Waals surface area contributed by atoms with Crippen LogP contribution in [0.25, 0.3) is 0 Å². The van der Waals surface area contributed by atoms with Gasteiger partial charge in [0.15, 0.2) is 6.61 Å². The number of aromatic nitrogens is 1. The van der Waals surface area contributed by atoms with E-state index in [2.05, 4.69) is 10.3 Å². The molecule has 0 atom stereocenters. The van der Waals surface area contributed by atoms with Crippen molar-refractivity contribution in [3.63, 3.8) is 0 Å². The smallest absolute Gasteiger partial charge is 0.416 e. The topological polar surface area (TPSA) is 68.3 Å². The van der Waals surface area contributed by atoms with Gasteiger partial charge in [0, 0.05) is 11.4 Å². The second kappa shape index (κ2) is 7.74. The van der Waals surface area contributed by atoms with Crippen LogP contribution in [-0.2, 0) is 15.7 Å². The van der Waals surface area contributed by atoms with E-state index >= 15 is 0 Å². The molecule has 1 heterocycles. The first-order valence-electron chi connectivity index (χ1n) is 7.36. The van der Waals surface area contributed by atoms with Gasteiger partial charge in [-0.05, 0) is 43.7 Å². The maximum atomic E-state index is 12.7. The van der Waals surface area contributed by atoms with E-state index in [0.29, 0.717) is 11.3 Å². The summed E-state index contributed by atoms with van der Waals surface area (Å²) in [7, 11) is 0. The van der Waals surface area contributed by atoms with E-state index in [1.54, 1.807) is 19.9 Å². The molecular formula is C17H14ClF3N2O3. The molecule has 0 aliphatic heterocycles. The number of hydrogen-bond acceptors (Lipinski definition) is 4. The van der Waals surface area contributed by atoms with Crippen LogP contribution in [0.15, 0.2) is 30.3 Å². The Morgan fingerprint density at radius 3 is 2.54 bits per heavy atom. The minimum Gasteiger partial charge on any atom is -0.452 e. The molecule has 1 N–H and O–H groups in total. The van der Waals surface area contributed by atoms with Gasteiger partial charge >= 0.3 is 12.1 Å². The van der Waals surface area contributed by atoms with E-state index in [4.69, 9.17) is 16.3 Å². The molecule has 0 unspecified atom stereocenters. The van der Waals surface area contributed by atoms with Gasteiger partial charge in [0.25, 0.3) is 5.91 Å². The summed E-state index contributed by atoms with van der Waals surface area (Å²) in [6.07, 6.45) is -4.53. The Hall–Kier alpha value is -2.61. The fourth-order valence-corrected chi connectivity index (χ4v) is 2.57. The van der Waals surface area contributed by atoms with Crippen LogP contribution in [0.1, 0.15) is 27.2 Å². The van der Waals surface area contributed by atoms with Gasteiger partial charge in [0.05, 0.1) is 11.1 Å². The number of benzene rings is 1. The minimum absolute atomic E-state index is 0.0316. The molecule has 0 aliphatic rings. The van der Waals surface area contributed by atoms with Crippen LogP contribution in [0, 0.1) is 13.8 Å². The zero-order valence-corrected chi connectivity index (χ0v) is 14.5. The molecule has 26 heavy (non-hydrogen) atoms. The number of pyridine rings is 1. The second-order valence-electron chi connectivity index (χ2n) is 5.45. The maximum Gasteiger partial charge on any atom is 0.416 e. The zero-order valence-electron chi connectivity index (χ0n) is 13.8. The average Bonchev–Trinajstić information content (AvgIpc) is 2.51. The number of aryl methyl sites for hydroxylation is 2. The third kappa shape index (κ3) is 4.95. The largest absolute Gasteiger partial charge is 0.452 e. The van der Waals surface area contributed by atoms with Gasteiger partial charge < -0.3 is 10.1 Å². The Labute approximate surface area is 152 Å². The summed E-state index contributed by atoms with van der Waals surface area (Å²) in [5, 5.41) is 2.18. The summed E-state index contributed by atoms with van der Waals surface area (Å²) >= 11 is 5.92. The van der Waals surface area contributed by atoms with Gasteiger partial charge in [-0.2, -0.15) is 13.2 Å². The minimum atomic E-state index is -4.53. The zero-order chi connectivity index (χ0) is 19.5. The Balaban J connectivity index is 2.00. The fraction of sp³-hybridized carbons (Fsp3) is 0.235. The van der Waals surface area contributed by atoms with Gasteiger partial charge in [0.1, 0.15) is 5.15 Å². The van der Waals surface area contributed by atoms with Crippen LogP contribution >= 0.6 is 11.6 Å². The van der Waals surface area contributed by atoms with Crippen molar-refractivity contribution < 1.29 is 27.5 Å². The molecule has 2 aromatic rings. The molecule has 1 aromatic heterocycles. The van der Waals surface area contributed by atoms with Gasteiger partial charge in [-0.1, -0.05) is 17.7 Å². The predicted molar refractivity (Wildman–Crippen MR) is 89.1 cm³/mol. The fourth-order valence-electron chi connectivity index (χ4n) is 2.21. The number of rotatable bonds is 4. The number of nitrogens with zero attached hydrogens (tertiary/aromatic N) is 1. The molecule has 1 amide bonds. The molecule has 0 saturated carbocycles. The second-order valence-corrected chi connectivity index (χ2v) is 5.81. The quantitative estimate of drug-likeness (QED) is 0.632. The molecule has 138 valence electrons. The highest BCUT2D eigenvalue weighted by atomic mass is 35.5. The standard InChI is InChI=1S/C17H14ClF3N2O3/c1-9-6-10(2)22-15(18)14(9)16(25)26-8-13(24)23-12-5-3-4-11(7-12)17(19,20)21/h3-7H,8H2,1-2H3,(H,23,24). The number of esters is 1. The monoisotopic (exact) mass is 386 g/mol. The van der Waals surface area contributed by atoms with E-state index in [0.717, 1.165) is 18.2 Å². The number of halogens is 4. The average molecular weight is 387 g/mol. The number of carbonyl (C=O) groups is 2. The Morgan fingerprint density at radius 1 is 1.23 bits per heavy atom. The molecule has 0 saturated heterocycles. The first kappa shape index (κ1) is 19.7. The Kier molecular flexibility index (Phi) is 5.86. The first-order valence-corrected chi connectivity index (χ1v) is 7.73. The maximum absolute atomic E-state index is 12.7. The van der Waals surface area contributed by atoms with Crippen molar-refractivity contribution in [2.75, 3.05) is 11.9 Å². The molecule has 5 nitrogen and oxygen atoms in total. The molecule has 0 aliphatic carbocycles. The lowest BCUT2D eigenvalue weighted by Crippen LogP contribution is -2.22. The lowest BCUT2D eigenvalue weighted by atomic mass is 10.1. The van der Waals surface area contributed by atoms with Crippen LogP contribution in [0.4, 0.5) is 18.9 Å². The van der Waals surface area contributed by atoms with Crippen LogP contribution < -0.4 is 5.32 Å². The highest BCUT2D eigenvalue weighted by Crippen LogP contribution is 2.30. The number of amides is 1. The van der Waals surface area contributed by atoms with Crippen molar-refractivity contribution in [2.24, 2.45) is 0 Å². The molecule has 0 radical (unpaired) electrons. The lowest BCUT2D eigenvalue weighted by molar-refractivity contribution is -0.137. The normalized spacial score (nSPS) is 11.2. The van der Waals surface area contributed by atoms with Crippen molar-refractivity contribution in [1.29, 1.82) is 0 Å². The van der Waals surface area contributed by atoms with E-state index in [9.17, 15) is 22.8 Å². The Bertz CT molecular complexity index is 830. The first-order chi connectivity index (χ1) is 12.1. The third-order valence-corrected chi connectivity index (χ3v) is 3.59. The summed E-state index contributed by atoms with van der Waals surface area (Å²) in [5.41, 5.74) is 0.216. The number of alkyl halides is 3. The number of anilines is 1. The highest BCUT2D eigenvalue weighted by molar-refractivity contribution is 6.32. The van der Waals surface area contributed by atoms with Crippen molar-refractivity contribution in [1.82, 2.24) is 4.98 Å². The molecular weight excluding hydrogens is 373 g/mol. The lowest BCUT2D eigenvalue weighted by Gasteiger charge is -2.11. The van der Waals surface area contributed by atoms with Gasteiger partial charge in [-0.3, -0.25) is 4.79 Å². The van der Waals surface area contributed by atoms with Crippen LogP contribution in [0.2, 0.25) is 5.15 Å². The molecule has 0 bridgehead atoms. The molecule has 2 rings (SSSR count). The molecule has 0 fully saturated rings. The molecule has 1 aromatic carbocycles. The number of hydrogen-bond donors (Lipinski definition) is 1. The number of nitrogens with one attached hydrogen (secondary N) is 1. The SMILES string of the molecule is Cc1cc(C)c(C(=O)OCC(=O)Nc2cccc(C(F)(F)F)c2)c(Cl)n1. The highest BCUT2D eigenvalue weighted by Gasteiger charge is 2.30. The molecule has 9 heteroatoms. The molecule has 0 spiro atoms. The number of carbonyl (C=O) groups excluding carboxylic acids is 2. The van der Waals surface area contributed by atoms with Crippen molar-refractivity contribution >= 4 is 29.2 Å². The van der Waals surface area contributed by atoms with Crippen LogP contribution in [0.3, 0.4) is 0 Å². The third-order valence-electron chi connectivity index (χ3n) is 3.31. The number of ether oxygens (including phenoxy) is 1. The van der Waals surface area contributed by atoms with Gasteiger partial charge in [-0.15, -0.1) is 0 Å². The summed E-state index contributed by atoms with van der Waals surface area (Å²) in [6, 6.07) is 5.74. The van der Waals surface area contributed by atoms with Gasteiger partial charge in [0.2, 0.25) is 0 Å². The van der Waals surface area contributed by atoms with Crippen LogP contribution in [-0.4, -0.2) is 23.5 Å². The van der Waals surface area contributed by atoms with Crippen molar-refractivity contribution in [2.45, 2.75) is 20.0 Å². The van der Waals surface area contributed by atoms with E-state index in [-0.39, 0.29) is 16.4 Å². The summed E-state index contributed by atoms with van der Waals surface area (Å²) in [4.78, 5) is 27.8. The van der Waals surface area contributed by atoms with Crippen molar-refractivity contribution in [3.8, 4) is 0 Å². The summed E-state index contributed by atoms with van der Waals surface area (Å²) < 4.78 is 42.8. The summed E-state index contributed by atoms with van der Waals surface area (Å²) in [5.74, 6) is -1.63. The van der Waals surface area contributed by atoms with Crippen LogP contribution in [0.5, 0.6) is 0 Å². The van der Waals surface area contributed by atoms with E-state index in [1.807, 2.05) is 0 Å². The van der Waals surface area contributed by atoms with E-state index < -0.39 is 30.2 Å². The Morgan fingerprint density at radius 2 is 1.92 bits per heavy atom. The van der Waals surface area contributed by atoms with Crippen molar-refractivity contribution in [3.05, 3.63) is 57.9 Å². The predicted octanol–water partition coefficient (Wildman–Crippen LogP) is 4.17.